The Hall–Kier alpha value is -0.900. The Bertz CT molecular complexity index is 350. The lowest BCUT2D eigenvalue weighted by Gasteiger charge is -2.25. The van der Waals surface area contributed by atoms with Gasteiger partial charge in [0.05, 0.1) is 0 Å². The van der Waals surface area contributed by atoms with Crippen molar-refractivity contribution in [2.45, 2.75) is 65.0 Å². The van der Waals surface area contributed by atoms with E-state index in [9.17, 15) is 0 Å². The van der Waals surface area contributed by atoms with Crippen molar-refractivity contribution in [3.8, 4) is 0 Å². The van der Waals surface area contributed by atoms with E-state index in [-0.39, 0.29) is 0 Å². The molecular weight excluding hydrogens is 212 g/mol. The van der Waals surface area contributed by atoms with Gasteiger partial charge in [0.2, 0.25) is 0 Å². The van der Waals surface area contributed by atoms with Gasteiger partial charge >= 0.3 is 0 Å². The summed E-state index contributed by atoms with van der Waals surface area (Å²) >= 11 is 0. The third kappa shape index (κ3) is 3.06. The summed E-state index contributed by atoms with van der Waals surface area (Å²) in [4.78, 5) is 0. The molecule has 0 saturated heterocycles. The largest absolute Gasteiger partial charge is 0.328 e. The van der Waals surface area contributed by atoms with Crippen LogP contribution in [0.4, 0.5) is 0 Å². The fraction of sp³-hybridized carbons (Fsp3) is 0.846. The maximum absolute atomic E-state index is 5.94. The summed E-state index contributed by atoms with van der Waals surface area (Å²) in [5.74, 6) is 2.98. The van der Waals surface area contributed by atoms with Crippen molar-refractivity contribution in [2.24, 2.45) is 11.7 Å². The number of aryl methyl sites for hydroxylation is 1. The lowest BCUT2D eigenvalue weighted by molar-refractivity contribution is 0.317. The van der Waals surface area contributed by atoms with Crippen LogP contribution in [-0.4, -0.2) is 20.8 Å². The van der Waals surface area contributed by atoms with E-state index in [2.05, 4.69) is 21.7 Å². The molecule has 0 radical (unpaired) electrons. The van der Waals surface area contributed by atoms with Gasteiger partial charge < -0.3 is 10.3 Å². The molecule has 4 nitrogen and oxygen atoms in total. The average Bonchev–Trinajstić information content (AvgIpc) is 2.65. The molecule has 1 aliphatic rings. The molecule has 96 valence electrons. The predicted octanol–water partition coefficient (Wildman–Crippen LogP) is 2.06. The van der Waals surface area contributed by atoms with Gasteiger partial charge in [-0.25, -0.2) is 0 Å². The van der Waals surface area contributed by atoms with Crippen molar-refractivity contribution in [1.29, 1.82) is 0 Å². The molecule has 4 heteroatoms. The van der Waals surface area contributed by atoms with E-state index in [4.69, 9.17) is 5.73 Å². The van der Waals surface area contributed by atoms with E-state index in [1.165, 1.54) is 31.5 Å². The Morgan fingerprint density at radius 3 is 2.59 bits per heavy atom. The van der Waals surface area contributed by atoms with Crippen LogP contribution in [0.5, 0.6) is 0 Å². The highest BCUT2D eigenvalue weighted by molar-refractivity contribution is 4.96. The normalized spacial score (nSPS) is 25.1. The van der Waals surface area contributed by atoms with Gasteiger partial charge in [0.15, 0.2) is 0 Å². The molecule has 1 fully saturated rings. The van der Waals surface area contributed by atoms with Crippen LogP contribution in [0.25, 0.3) is 0 Å². The minimum absolute atomic E-state index is 0.432. The molecule has 17 heavy (non-hydrogen) atoms. The minimum Gasteiger partial charge on any atom is -0.328 e. The van der Waals surface area contributed by atoms with Crippen LogP contribution in [-0.2, 0) is 13.0 Å². The number of hydrogen-bond donors (Lipinski definition) is 1. The van der Waals surface area contributed by atoms with Crippen molar-refractivity contribution in [2.75, 3.05) is 0 Å². The van der Waals surface area contributed by atoms with E-state index >= 15 is 0 Å². The van der Waals surface area contributed by atoms with Crippen molar-refractivity contribution >= 4 is 0 Å². The first-order valence-electron chi connectivity index (χ1n) is 6.85. The maximum Gasteiger partial charge on any atom is 0.133 e. The summed E-state index contributed by atoms with van der Waals surface area (Å²) in [5.41, 5.74) is 5.94. The molecule has 1 heterocycles. The predicted molar refractivity (Wildman–Crippen MR) is 68.7 cm³/mol. The third-order valence-electron chi connectivity index (χ3n) is 3.82. The molecule has 2 rings (SSSR count). The summed E-state index contributed by atoms with van der Waals surface area (Å²) in [7, 11) is 0. The molecule has 0 unspecified atom stereocenters. The van der Waals surface area contributed by atoms with Gasteiger partial charge in [-0.15, -0.1) is 10.2 Å². The Morgan fingerprint density at radius 2 is 1.94 bits per heavy atom. The van der Waals surface area contributed by atoms with E-state index in [0.29, 0.717) is 6.04 Å². The standard InChI is InChI=1S/C13H24N4/c1-3-8-17-10(2)15-16-13(17)9-11-4-6-12(14)7-5-11/h11-12H,3-9,14H2,1-2H3. The summed E-state index contributed by atoms with van der Waals surface area (Å²) in [5, 5.41) is 8.53. The average molecular weight is 236 g/mol. The molecular formula is C13H24N4. The summed E-state index contributed by atoms with van der Waals surface area (Å²) in [6.07, 6.45) is 7.06. The zero-order valence-corrected chi connectivity index (χ0v) is 11.0. The van der Waals surface area contributed by atoms with E-state index in [1.54, 1.807) is 0 Å². The van der Waals surface area contributed by atoms with Gasteiger partial charge in [-0.05, 0) is 44.9 Å². The molecule has 1 aliphatic carbocycles. The molecule has 0 atom stereocenters. The molecule has 1 aromatic rings. The maximum atomic E-state index is 5.94. The van der Waals surface area contributed by atoms with Gasteiger partial charge in [0.25, 0.3) is 0 Å². The summed E-state index contributed by atoms with van der Waals surface area (Å²) in [6, 6.07) is 0.432. The number of rotatable bonds is 4. The van der Waals surface area contributed by atoms with Crippen LogP contribution >= 0.6 is 0 Å². The molecule has 1 aromatic heterocycles. The van der Waals surface area contributed by atoms with Crippen LogP contribution in [0.3, 0.4) is 0 Å². The lowest BCUT2D eigenvalue weighted by Crippen LogP contribution is -2.27. The SMILES string of the molecule is CCCn1c(C)nnc1CC1CCC(N)CC1. The van der Waals surface area contributed by atoms with Gasteiger partial charge in [-0.1, -0.05) is 6.92 Å². The first-order valence-corrected chi connectivity index (χ1v) is 6.85. The molecule has 0 amide bonds. The second kappa shape index (κ2) is 5.63. The fourth-order valence-corrected chi connectivity index (χ4v) is 2.74. The summed E-state index contributed by atoms with van der Waals surface area (Å²) < 4.78 is 2.27. The molecule has 0 aliphatic heterocycles. The van der Waals surface area contributed by atoms with Crippen LogP contribution in [0.2, 0.25) is 0 Å². The molecule has 0 spiro atoms. The quantitative estimate of drug-likeness (QED) is 0.870. The highest BCUT2D eigenvalue weighted by Gasteiger charge is 2.21. The number of aromatic nitrogens is 3. The second-order valence-electron chi connectivity index (χ2n) is 5.30. The lowest BCUT2D eigenvalue weighted by atomic mass is 9.84. The first-order chi connectivity index (χ1) is 8.20. The highest BCUT2D eigenvalue weighted by Crippen LogP contribution is 2.26. The molecule has 0 aromatic carbocycles. The smallest absolute Gasteiger partial charge is 0.133 e. The zero-order valence-electron chi connectivity index (χ0n) is 11.0. The van der Waals surface area contributed by atoms with Crippen LogP contribution in [0.15, 0.2) is 0 Å². The monoisotopic (exact) mass is 236 g/mol. The van der Waals surface area contributed by atoms with Gasteiger partial charge in [-0.3, -0.25) is 0 Å². The van der Waals surface area contributed by atoms with E-state index < -0.39 is 0 Å². The van der Waals surface area contributed by atoms with E-state index in [0.717, 1.165) is 31.1 Å². The van der Waals surface area contributed by atoms with Crippen LogP contribution in [0, 0.1) is 12.8 Å². The number of nitrogens with two attached hydrogens (primary N) is 1. The van der Waals surface area contributed by atoms with Gasteiger partial charge in [0.1, 0.15) is 11.6 Å². The number of hydrogen-bond acceptors (Lipinski definition) is 3. The highest BCUT2D eigenvalue weighted by atomic mass is 15.3. The van der Waals surface area contributed by atoms with Crippen LogP contribution < -0.4 is 5.73 Å². The Morgan fingerprint density at radius 1 is 1.24 bits per heavy atom. The zero-order chi connectivity index (χ0) is 12.3. The van der Waals surface area contributed by atoms with E-state index in [1.807, 2.05) is 6.92 Å². The third-order valence-corrected chi connectivity index (χ3v) is 3.82. The van der Waals surface area contributed by atoms with Crippen molar-refractivity contribution < 1.29 is 0 Å². The molecule has 0 bridgehead atoms. The molecule has 2 N–H and O–H groups in total. The van der Waals surface area contributed by atoms with Gasteiger partial charge in [-0.2, -0.15) is 0 Å². The number of nitrogens with zero attached hydrogens (tertiary/aromatic N) is 3. The first kappa shape index (κ1) is 12.6. The van der Waals surface area contributed by atoms with Gasteiger partial charge in [0, 0.05) is 19.0 Å². The Kier molecular flexibility index (Phi) is 4.15. The summed E-state index contributed by atoms with van der Waals surface area (Å²) in [6.45, 7) is 5.28. The van der Waals surface area contributed by atoms with Crippen LogP contribution in [0.1, 0.15) is 50.7 Å². The van der Waals surface area contributed by atoms with Crippen molar-refractivity contribution in [1.82, 2.24) is 14.8 Å². The second-order valence-corrected chi connectivity index (χ2v) is 5.30. The Balaban J connectivity index is 1.98. The topological polar surface area (TPSA) is 56.7 Å². The minimum atomic E-state index is 0.432. The van der Waals surface area contributed by atoms with Crippen molar-refractivity contribution in [3.63, 3.8) is 0 Å². The molecule has 1 saturated carbocycles. The fourth-order valence-electron chi connectivity index (χ4n) is 2.74. The Labute approximate surface area is 104 Å². The van der Waals surface area contributed by atoms with Crippen molar-refractivity contribution in [3.05, 3.63) is 11.6 Å².